The van der Waals surface area contributed by atoms with Crippen molar-refractivity contribution in [2.24, 2.45) is 0 Å². The van der Waals surface area contributed by atoms with Crippen LogP contribution in [0.5, 0.6) is 0 Å². The summed E-state index contributed by atoms with van der Waals surface area (Å²) in [5.74, 6) is -0.0561. The number of rotatable bonds is 4. The molecule has 2 nitrogen and oxygen atoms in total. The fraction of sp³-hybridized carbons (Fsp3) is 0.647. The summed E-state index contributed by atoms with van der Waals surface area (Å²) < 4.78 is 13.9. The van der Waals surface area contributed by atoms with Crippen LogP contribution in [0.15, 0.2) is 24.3 Å². The molecule has 0 aliphatic carbocycles. The standard InChI is InChI=1S/C17H25FN2/c1-2-19-14-10-15-7-5-8-16(11-14)20(15)12-13-6-3-4-9-17(13)18/h3-4,6,9,14-16,19H,2,5,7-8,10-12H2,1H3. The molecule has 20 heavy (non-hydrogen) atoms. The average molecular weight is 276 g/mol. The predicted molar refractivity (Wildman–Crippen MR) is 80.1 cm³/mol. The second kappa shape index (κ2) is 6.23. The number of nitrogens with one attached hydrogen (secondary N) is 1. The summed E-state index contributed by atoms with van der Waals surface area (Å²) in [6.07, 6.45) is 6.32. The predicted octanol–water partition coefficient (Wildman–Crippen LogP) is 3.32. The molecule has 1 N–H and O–H groups in total. The van der Waals surface area contributed by atoms with Crippen LogP contribution >= 0.6 is 0 Å². The van der Waals surface area contributed by atoms with Gasteiger partial charge in [0, 0.05) is 30.2 Å². The fourth-order valence-corrected chi connectivity index (χ4v) is 4.02. The van der Waals surface area contributed by atoms with Gasteiger partial charge >= 0.3 is 0 Å². The van der Waals surface area contributed by atoms with Crippen molar-refractivity contribution in [2.45, 2.75) is 63.7 Å². The lowest BCUT2D eigenvalue weighted by Crippen LogP contribution is -2.55. The van der Waals surface area contributed by atoms with E-state index in [1.807, 2.05) is 12.1 Å². The molecule has 3 rings (SSSR count). The first-order chi connectivity index (χ1) is 9.78. The van der Waals surface area contributed by atoms with Crippen molar-refractivity contribution in [1.82, 2.24) is 10.2 Å². The lowest BCUT2D eigenvalue weighted by atomic mass is 9.81. The number of piperidine rings is 2. The number of hydrogen-bond donors (Lipinski definition) is 1. The van der Waals surface area contributed by atoms with Gasteiger partial charge in [0.25, 0.3) is 0 Å². The Morgan fingerprint density at radius 1 is 1.20 bits per heavy atom. The normalized spacial score (nSPS) is 30.4. The van der Waals surface area contributed by atoms with Gasteiger partial charge in [0.05, 0.1) is 0 Å². The molecule has 1 aromatic rings. The van der Waals surface area contributed by atoms with Crippen LogP contribution in [0.4, 0.5) is 4.39 Å². The van der Waals surface area contributed by atoms with Crippen LogP contribution in [0, 0.1) is 5.82 Å². The van der Waals surface area contributed by atoms with Gasteiger partial charge in [-0.05, 0) is 38.3 Å². The molecule has 110 valence electrons. The van der Waals surface area contributed by atoms with E-state index in [0.717, 1.165) is 18.7 Å². The summed E-state index contributed by atoms with van der Waals surface area (Å²) in [5.41, 5.74) is 0.853. The first-order valence-corrected chi connectivity index (χ1v) is 8.00. The van der Waals surface area contributed by atoms with Gasteiger partial charge in [0.2, 0.25) is 0 Å². The van der Waals surface area contributed by atoms with E-state index in [1.165, 1.54) is 32.1 Å². The summed E-state index contributed by atoms with van der Waals surface area (Å²) in [6.45, 7) is 4.01. The number of fused-ring (bicyclic) bond motifs is 2. The van der Waals surface area contributed by atoms with Crippen molar-refractivity contribution in [3.63, 3.8) is 0 Å². The van der Waals surface area contributed by atoms with Crippen molar-refractivity contribution in [2.75, 3.05) is 6.54 Å². The highest BCUT2D eigenvalue weighted by atomic mass is 19.1. The van der Waals surface area contributed by atoms with Crippen LogP contribution < -0.4 is 5.32 Å². The van der Waals surface area contributed by atoms with E-state index < -0.39 is 0 Å². The minimum atomic E-state index is -0.0561. The second-order valence-corrected chi connectivity index (χ2v) is 6.23. The van der Waals surface area contributed by atoms with Crippen molar-refractivity contribution in [3.8, 4) is 0 Å². The molecule has 2 atom stereocenters. The molecule has 2 heterocycles. The molecule has 0 aromatic heterocycles. The zero-order chi connectivity index (χ0) is 13.9. The van der Waals surface area contributed by atoms with E-state index in [4.69, 9.17) is 0 Å². The Morgan fingerprint density at radius 2 is 1.90 bits per heavy atom. The Bertz CT molecular complexity index is 434. The average Bonchev–Trinajstić information content (AvgIpc) is 2.42. The molecule has 2 bridgehead atoms. The maximum absolute atomic E-state index is 13.9. The molecule has 0 saturated carbocycles. The van der Waals surface area contributed by atoms with Gasteiger partial charge in [-0.2, -0.15) is 0 Å². The summed E-state index contributed by atoms with van der Waals surface area (Å²) in [4.78, 5) is 2.57. The molecule has 2 aliphatic heterocycles. The highest BCUT2D eigenvalue weighted by molar-refractivity contribution is 5.18. The molecule has 2 aliphatic rings. The highest BCUT2D eigenvalue weighted by Crippen LogP contribution is 2.35. The van der Waals surface area contributed by atoms with Crippen LogP contribution in [0.25, 0.3) is 0 Å². The van der Waals surface area contributed by atoms with Crippen molar-refractivity contribution < 1.29 is 4.39 Å². The Labute approximate surface area is 121 Å². The summed E-state index contributed by atoms with van der Waals surface area (Å²) in [5, 5.41) is 3.61. The fourth-order valence-electron chi connectivity index (χ4n) is 4.02. The number of nitrogens with zero attached hydrogens (tertiary/aromatic N) is 1. The van der Waals surface area contributed by atoms with Crippen LogP contribution in [0.1, 0.15) is 44.6 Å². The zero-order valence-electron chi connectivity index (χ0n) is 12.3. The minimum Gasteiger partial charge on any atom is -0.314 e. The maximum Gasteiger partial charge on any atom is 0.127 e. The summed E-state index contributed by atoms with van der Waals surface area (Å²) in [6, 6.07) is 9.15. The molecule has 3 heteroatoms. The summed E-state index contributed by atoms with van der Waals surface area (Å²) >= 11 is 0. The molecule has 0 amide bonds. The monoisotopic (exact) mass is 276 g/mol. The Hall–Kier alpha value is -0.930. The van der Waals surface area contributed by atoms with Gasteiger partial charge in [-0.25, -0.2) is 4.39 Å². The van der Waals surface area contributed by atoms with E-state index in [-0.39, 0.29) is 5.82 Å². The lowest BCUT2D eigenvalue weighted by molar-refractivity contribution is 0.0172. The molecule has 2 fully saturated rings. The minimum absolute atomic E-state index is 0.0561. The molecule has 2 saturated heterocycles. The van der Waals surface area contributed by atoms with Crippen molar-refractivity contribution in [3.05, 3.63) is 35.6 Å². The van der Waals surface area contributed by atoms with Gasteiger partial charge in [0.1, 0.15) is 5.82 Å². The van der Waals surface area contributed by atoms with Crippen molar-refractivity contribution in [1.29, 1.82) is 0 Å². The Balaban J connectivity index is 1.72. The van der Waals surface area contributed by atoms with E-state index >= 15 is 0 Å². The van der Waals surface area contributed by atoms with Gasteiger partial charge < -0.3 is 5.32 Å². The third-order valence-corrected chi connectivity index (χ3v) is 4.93. The maximum atomic E-state index is 13.9. The van der Waals surface area contributed by atoms with Gasteiger partial charge in [-0.15, -0.1) is 0 Å². The molecular formula is C17H25FN2. The van der Waals surface area contributed by atoms with Crippen LogP contribution in [0.2, 0.25) is 0 Å². The smallest absolute Gasteiger partial charge is 0.127 e. The largest absolute Gasteiger partial charge is 0.314 e. The third-order valence-electron chi connectivity index (χ3n) is 4.93. The van der Waals surface area contributed by atoms with E-state index in [9.17, 15) is 4.39 Å². The molecule has 0 radical (unpaired) electrons. The zero-order valence-corrected chi connectivity index (χ0v) is 12.3. The first kappa shape index (κ1) is 14.0. The lowest BCUT2D eigenvalue weighted by Gasteiger charge is -2.49. The van der Waals surface area contributed by atoms with Gasteiger partial charge in [-0.1, -0.05) is 31.5 Å². The van der Waals surface area contributed by atoms with Crippen molar-refractivity contribution >= 4 is 0 Å². The number of hydrogen-bond acceptors (Lipinski definition) is 2. The van der Waals surface area contributed by atoms with E-state index in [1.54, 1.807) is 12.1 Å². The molecule has 0 spiro atoms. The Kier molecular flexibility index (Phi) is 4.37. The Morgan fingerprint density at radius 3 is 2.55 bits per heavy atom. The first-order valence-electron chi connectivity index (χ1n) is 8.00. The molecule has 1 aromatic carbocycles. The van der Waals surface area contributed by atoms with Gasteiger partial charge in [0.15, 0.2) is 0 Å². The van der Waals surface area contributed by atoms with Crippen LogP contribution in [-0.4, -0.2) is 29.6 Å². The topological polar surface area (TPSA) is 15.3 Å². The molecular weight excluding hydrogens is 251 g/mol. The highest BCUT2D eigenvalue weighted by Gasteiger charge is 2.37. The SMILES string of the molecule is CCNC1CC2CCCC(C1)N2Cc1ccccc1F. The quantitative estimate of drug-likeness (QED) is 0.907. The number of halogens is 1. The van der Waals surface area contributed by atoms with E-state index in [0.29, 0.717) is 18.1 Å². The third kappa shape index (κ3) is 2.89. The van der Waals surface area contributed by atoms with Crippen LogP contribution in [-0.2, 0) is 6.54 Å². The summed E-state index contributed by atoms with van der Waals surface area (Å²) in [7, 11) is 0. The van der Waals surface area contributed by atoms with E-state index in [2.05, 4.69) is 17.1 Å². The van der Waals surface area contributed by atoms with Gasteiger partial charge in [-0.3, -0.25) is 4.90 Å². The molecule has 2 unspecified atom stereocenters. The van der Waals surface area contributed by atoms with Crippen LogP contribution in [0.3, 0.4) is 0 Å². The number of benzene rings is 1. The second-order valence-electron chi connectivity index (χ2n) is 6.23.